The monoisotopic (exact) mass is 280 g/mol. The van der Waals surface area contributed by atoms with Crippen molar-refractivity contribution < 1.29 is 4.79 Å². The molecule has 0 aromatic carbocycles. The predicted molar refractivity (Wildman–Crippen MR) is 80.6 cm³/mol. The maximum atomic E-state index is 12.1. The molecule has 0 radical (unpaired) electrons. The fourth-order valence-electron chi connectivity index (χ4n) is 2.81. The lowest BCUT2D eigenvalue weighted by atomic mass is 9.94. The van der Waals surface area contributed by atoms with Gasteiger partial charge in [-0.05, 0) is 64.3 Å². The van der Waals surface area contributed by atoms with Crippen molar-refractivity contribution in [2.24, 2.45) is 5.92 Å². The fourth-order valence-corrected chi connectivity index (χ4v) is 3.83. The number of rotatable bonds is 4. The smallest absolute Gasteiger partial charge is 0.220 e. The van der Waals surface area contributed by atoms with Gasteiger partial charge in [-0.1, -0.05) is 0 Å². The molecule has 1 atom stereocenters. The summed E-state index contributed by atoms with van der Waals surface area (Å²) >= 11 is 1.80. The van der Waals surface area contributed by atoms with Crippen LogP contribution >= 0.6 is 11.3 Å². The minimum Gasteiger partial charge on any atom is -0.350 e. The minimum atomic E-state index is 0.124. The Hall–Kier alpha value is -0.870. The number of piperidine rings is 1. The summed E-state index contributed by atoms with van der Waals surface area (Å²) in [6.07, 6.45) is 2.92. The Labute approximate surface area is 119 Å². The first-order valence-electron chi connectivity index (χ1n) is 7.13. The van der Waals surface area contributed by atoms with E-state index in [0.717, 1.165) is 25.9 Å². The van der Waals surface area contributed by atoms with Crippen molar-refractivity contribution in [3.63, 3.8) is 0 Å². The molecule has 4 heteroatoms. The number of hydrogen-bond acceptors (Lipinski definition) is 3. The summed E-state index contributed by atoms with van der Waals surface area (Å²) in [5.74, 6) is 0.751. The van der Waals surface area contributed by atoms with Gasteiger partial charge >= 0.3 is 0 Å². The summed E-state index contributed by atoms with van der Waals surface area (Å²) in [5, 5.41) is 6.48. The molecule has 0 aliphatic carbocycles. The zero-order valence-electron chi connectivity index (χ0n) is 12.1. The lowest BCUT2D eigenvalue weighted by Crippen LogP contribution is -2.33. The predicted octanol–water partition coefficient (Wildman–Crippen LogP) is 2.93. The van der Waals surface area contributed by atoms with E-state index in [2.05, 4.69) is 37.5 Å². The van der Waals surface area contributed by atoms with Crippen LogP contribution in [0.4, 0.5) is 0 Å². The van der Waals surface area contributed by atoms with E-state index in [1.54, 1.807) is 11.3 Å². The van der Waals surface area contributed by atoms with Crippen LogP contribution in [0.15, 0.2) is 6.07 Å². The summed E-state index contributed by atoms with van der Waals surface area (Å²) < 4.78 is 0. The average Bonchev–Trinajstić information content (AvgIpc) is 2.69. The van der Waals surface area contributed by atoms with Crippen LogP contribution in [0.25, 0.3) is 0 Å². The number of amides is 1. The van der Waals surface area contributed by atoms with Crippen LogP contribution < -0.4 is 10.6 Å². The minimum absolute atomic E-state index is 0.124. The summed E-state index contributed by atoms with van der Waals surface area (Å²) in [6.45, 7) is 8.43. The summed E-state index contributed by atoms with van der Waals surface area (Å²) in [5.41, 5.74) is 1.26. The third-order valence-corrected chi connectivity index (χ3v) is 4.84. The second-order valence-electron chi connectivity index (χ2n) is 5.56. The number of carbonyl (C=O) groups excluding carboxylic acids is 1. The van der Waals surface area contributed by atoms with E-state index in [-0.39, 0.29) is 11.9 Å². The molecule has 1 saturated heterocycles. The molecule has 19 heavy (non-hydrogen) atoms. The summed E-state index contributed by atoms with van der Waals surface area (Å²) in [7, 11) is 0. The molecule has 1 unspecified atom stereocenters. The molecule has 0 spiro atoms. The highest BCUT2D eigenvalue weighted by Crippen LogP contribution is 2.26. The second-order valence-corrected chi connectivity index (χ2v) is 7.02. The van der Waals surface area contributed by atoms with E-state index in [1.807, 2.05) is 0 Å². The molecule has 3 nitrogen and oxygen atoms in total. The van der Waals surface area contributed by atoms with E-state index in [0.29, 0.717) is 12.3 Å². The highest BCUT2D eigenvalue weighted by atomic mass is 32.1. The highest BCUT2D eigenvalue weighted by Gasteiger charge is 2.19. The van der Waals surface area contributed by atoms with Crippen molar-refractivity contribution in [1.82, 2.24) is 10.6 Å². The standard InChI is InChI=1S/C15H24N2OS/c1-10-8-14(12(3)19-10)11(2)17-15(18)9-13-4-6-16-7-5-13/h8,11,13,16H,4-7,9H2,1-3H3,(H,17,18). The van der Waals surface area contributed by atoms with Crippen LogP contribution in [0.3, 0.4) is 0 Å². The van der Waals surface area contributed by atoms with Crippen LogP contribution in [-0.4, -0.2) is 19.0 Å². The molecule has 1 aliphatic rings. The maximum Gasteiger partial charge on any atom is 0.220 e. The molecule has 1 aromatic rings. The Bertz CT molecular complexity index is 435. The van der Waals surface area contributed by atoms with E-state index < -0.39 is 0 Å². The lowest BCUT2D eigenvalue weighted by molar-refractivity contribution is -0.122. The van der Waals surface area contributed by atoms with Crippen LogP contribution in [-0.2, 0) is 4.79 Å². The normalized spacial score (nSPS) is 18.3. The van der Waals surface area contributed by atoms with Gasteiger partial charge in [-0.3, -0.25) is 4.79 Å². The number of thiophene rings is 1. The Morgan fingerprint density at radius 3 is 2.74 bits per heavy atom. The van der Waals surface area contributed by atoms with E-state index in [4.69, 9.17) is 0 Å². The van der Waals surface area contributed by atoms with Crippen molar-refractivity contribution in [2.45, 2.75) is 46.1 Å². The molecular weight excluding hydrogens is 256 g/mol. The van der Waals surface area contributed by atoms with Crippen molar-refractivity contribution in [3.05, 3.63) is 21.4 Å². The van der Waals surface area contributed by atoms with Crippen LogP contribution in [0.2, 0.25) is 0 Å². The zero-order chi connectivity index (χ0) is 13.8. The van der Waals surface area contributed by atoms with Crippen LogP contribution in [0, 0.1) is 19.8 Å². The van der Waals surface area contributed by atoms with E-state index in [1.165, 1.54) is 15.3 Å². The van der Waals surface area contributed by atoms with Crippen molar-refractivity contribution in [2.75, 3.05) is 13.1 Å². The van der Waals surface area contributed by atoms with Crippen LogP contribution in [0.5, 0.6) is 0 Å². The third kappa shape index (κ3) is 4.05. The molecule has 1 fully saturated rings. The second kappa shape index (κ2) is 6.53. The molecule has 0 bridgehead atoms. The van der Waals surface area contributed by atoms with Crippen LogP contribution in [0.1, 0.15) is 47.5 Å². The molecule has 1 amide bonds. The molecule has 106 valence electrons. The van der Waals surface area contributed by atoms with Gasteiger partial charge < -0.3 is 10.6 Å². The molecule has 2 N–H and O–H groups in total. The van der Waals surface area contributed by atoms with Crippen molar-refractivity contribution >= 4 is 17.2 Å². The molecule has 1 aliphatic heterocycles. The quantitative estimate of drug-likeness (QED) is 0.890. The van der Waals surface area contributed by atoms with Gasteiger partial charge in [0.15, 0.2) is 0 Å². The zero-order valence-corrected chi connectivity index (χ0v) is 12.9. The van der Waals surface area contributed by atoms with Gasteiger partial charge in [0.05, 0.1) is 6.04 Å². The molecule has 2 heterocycles. The van der Waals surface area contributed by atoms with E-state index >= 15 is 0 Å². The molecule has 0 saturated carbocycles. The Morgan fingerprint density at radius 1 is 1.47 bits per heavy atom. The molecule has 2 rings (SSSR count). The van der Waals surface area contributed by atoms with Gasteiger partial charge in [-0.25, -0.2) is 0 Å². The number of nitrogens with one attached hydrogen (secondary N) is 2. The Kier molecular flexibility index (Phi) is 4.99. The molecular formula is C15H24N2OS. The van der Waals surface area contributed by atoms with Crippen molar-refractivity contribution in [1.29, 1.82) is 0 Å². The number of carbonyl (C=O) groups is 1. The lowest BCUT2D eigenvalue weighted by Gasteiger charge is -2.23. The van der Waals surface area contributed by atoms with Gasteiger partial charge in [-0.2, -0.15) is 0 Å². The van der Waals surface area contributed by atoms with Crippen molar-refractivity contribution in [3.8, 4) is 0 Å². The largest absolute Gasteiger partial charge is 0.350 e. The highest BCUT2D eigenvalue weighted by molar-refractivity contribution is 7.12. The SMILES string of the molecule is Cc1cc(C(C)NC(=O)CC2CCNCC2)c(C)s1. The average molecular weight is 280 g/mol. The fraction of sp³-hybridized carbons (Fsp3) is 0.667. The number of aryl methyl sites for hydroxylation is 2. The van der Waals surface area contributed by atoms with Gasteiger partial charge in [0, 0.05) is 16.2 Å². The summed E-state index contributed by atoms with van der Waals surface area (Å²) in [4.78, 5) is 14.7. The first-order valence-corrected chi connectivity index (χ1v) is 7.95. The first-order chi connectivity index (χ1) is 9.06. The van der Waals surface area contributed by atoms with Gasteiger partial charge in [0.25, 0.3) is 0 Å². The molecule has 1 aromatic heterocycles. The topological polar surface area (TPSA) is 41.1 Å². The maximum absolute atomic E-state index is 12.1. The Morgan fingerprint density at radius 2 is 2.16 bits per heavy atom. The first kappa shape index (κ1) is 14.5. The van der Waals surface area contributed by atoms with Gasteiger partial charge in [0.1, 0.15) is 0 Å². The number of hydrogen-bond donors (Lipinski definition) is 2. The third-order valence-electron chi connectivity index (χ3n) is 3.86. The summed E-state index contributed by atoms with van der Waals surface area (Å²) in [6, 6.07) is 2.31. The van der Waals surface area contributed by atoms with Gasteiger partial charge in [-0.15, -0.1) is 11.3 Å². The van der Waals surface area contributed by atoms with Gasteiger partial charge in [0.2, 0.25) is 5.91 Å². The Balaban J connectivity index is 1.86. The van der Waals surface area contributed by atoms with E-state index in [9.17, 15) is 4.79 Å².